The van der Waals surface area contributed by atoms with E-state index in [9.17, 15) is 0 Å². The SMILES string of the molecule is CCCCCCC=[13CH2]. The van der Waals surface area contributed by atoms with Crippen LogP contribution < -0.4 is 0 Å². The van der Waals surface area contributed by atoms with E-state index in [2.05, 4.69) is 13.5 Å². The first-order valence-electron chi connectivity index (χ1n) is 3.52. The number of hydrogen-bond donors (Lipinski definition) is 0. The normalized spacial score (nSPS) is 9.12. The summed E-state index contributed by atoms with van der Waals surface area (Å²) in [5.41, 5.74) is 0. The highest BCUT2D eigenvalue weighted by Gasteiger charge is 1.81. The largest absolute Gasteiger partial charge is 0.103 e. The fraction of sp³-hybridized carbons (Fsp3) is 0.750. The maximum atomic E-state index is 3.66. The maximum absolute atomic E-state index is 3.66. The van der Waals surface area contributed by atoms with Gasteiger partial charge in [0.25, 0.3) is 0 Å². The zero-order valence-electron chi connectivity index (χ0n) is 5.82. The van der Waals surface area contributed by atoms with Gasteiger partial charge in [0.2, 0.25) is 0 Å². The second-order valence-corrected chi connectivity index (χ2v) is 2.14. The quantitative estimate of drug-likeness (QED) is 0.292. The Morgan fingerprint density at radius 1 is 1.25 bits per heavy atom. The van der Waals surface area contributed by atoms with Gasteiger partial charge in [-0.3, -0.25) is 0 Å². The van der Waals surface area contributed by atoms with Gasteiger partial charge in [-0.1, -0.05) is 32.3 Å². The third-order valence-electron chi connectivity index (χ3n) is 1.26. The fourth-order valence-corrected chi connectivity index (χ4v) is 0.715. The van der Waals surface area contributed by atoms with Crippen LogP contribution in [0.15, 0.2) is 12.7 Å². The smallest absolute Gasteiger partial charge is 0.0353 e. The minimum atomic E-state index is 1.19. The summed E-state index contributed by atoms with van der Waals surface area (Å²) in [6, 6.07) is 0. The lowest BCUT2D eigenvalue weighted by Gasteiger charge is -1.91. The minimum Gasteiger partial charge on any atom is -0.103 e. The summed E-state index contributed by atoms with van der Waals surface area (Å²) in [5.74, 6) is 0. The molecule has 48 valence electrons. The summed E-state index contributed by atoms with van der Waals surface area (Å²) >= 11 is 0. The van der Waals surface area contributed by atoms with Gasteiger partial charge in [0.15, 0.2) is 0 Å². The standard InChI is InChI=1S/C8H16/c1-3-5-7-8-6-4-2/h3H,1,4-8H2,2H3/i1+1. The predicted molar refractivity (Wildman–Crippen MR) is 39.0 cm³/mol. The first-order valence-corrected chi connectivity index (χ1v) is 3.52. The van der Waals surface area contributed by atoms with Gasteiger partial charge in [0.05, 0.1) is 0 Å². The highest BCUT2D eigenvalue weighted by molar-refractivity contribution is 4.64. The Labute approximate surface area is 52.6 Å². The van der Waals surface area contributed by atoms with Gasteiger partial charge in [-0.25, -0.2) is 0 Å². The van der Waals surface area contributed by atoms with Crippen LogP contribution >= 0.6 is 0 Å². The van der Waals surface area contributed by atoms with Crippen molar-refractivity contribution in [1.29, 1.82) is 0 Å². The lowest BCUT2D eigenvalue weighted by atomic mass is 10.2. The molecule has 0 radical (unpaired) electrons. The van der Waals surface area contributed by atoms with Crippen molar-refractivity contribution in [2.24, 2.45) is 0 Å². The summed E-state index contributed by atoms with van der Waals surface area (Å²) in [5, 5.41) is 0. The van der Waals surface area contributed by atoms with E-state index in [1.807, 2.05) is 6.08 Å². The molecule has 0 nitrogen and oxygen atoms in total. The summed E-state index contributed by atoms with van der Waals surface area (Å²) in [4.78, 5) is 0. The second-order valence-electron chi connectivity index (χ2n) is 2.14. The number of allylic oxidation sites excluding steroid dienone is 1. The Hall–Kier alpha value is -0.260. The third kappa shape index (κ3) is 5.74. The van der Waals surface area contributed by atoms with E-state index in [0.29, 0.717) is 0 Å². The third-order valence-corrected chi connectivity index (χ3v) is 1.26. The molecule has 0 heteroatoms. The van der Waals surface area contributed by atoms with Gasteiger partial charge in [0.1, 0.15) is 0 Å². The second kappa shape index (κ2) is 6.74. The van der Waals surface area contributed by atoms with E-state index in [4.69, 9.17) is 0 Å². The molecule has 0 aliphatic heterocycles. The van der Waals surface area contributed by atoms with Gasteiger partial charge in [-0.05, 0) is 12.8 Å². The lowest BCUT2D eigenvalue weighted by Crippen LogP contribution is -1.71. The highest BCUT2D eigenvalue weighted by atomic mass is 13.9. The maximum Gasteiger partial charge on any atom is -0.0353 e. The molecule has 0 N–H and O–H groups in total. The van der Waals surface area contributed by atoms with E-state index in [-0.39, 0.29) is 0 Å². The number of rotatable bonds is 5. The Morgan fingerprint density at radius 2 is 2.00 bits per heavy atom. The van der Waals surface area contributed by atoms with Crippen LogP contribution in [-0.4, -0.2) is 0 Å². The van der Waals surface area contributed by atoms with Crippen LogP contribution in [-0.2, 0) is 0 Å². The number of unbranched alkanes of at least 4 members (excludes halogenated alkanes) is 4. The summed E-state index contributed by atoms with van der Waals surface area (Å²) in [6.45, 7) is 5.89. The molecule has 0 aromatic heterocycles. The molecule has 0 fully saturated rings. The minimum absolute atomic E-state index is 1.19. The molecule has 8 heavy (non-hydrogen) atoms. The van der Waals surface area contributed by atoms with Gasteiger partial charge in [-0.2, -0.15) is 0 Å². The van der Waals surface area contributed by atoms with E-state index in [1.54, 1.807) is 0 Å². The zero-order valence-corrected chi connectivity index (χ0v) is 5.82. The molecule has 0 saturated carbocycles. The van der Waals surface area contributed by atoms with Gasteiger partial charge < -0.3 is 0 Å². The van der Waals surface area contributed by atoms with E-state index >= 15 is 0 Å². The molecule has 0 amide bonds. The molecule has 0 aliphatic carbocycles. The molecule has 0 heterocycles. The van der Waals surface area contributed by atoms with Crippen molar-refractivity contribution < 1.29 is 0 Å². The van der Waals surface area contributed by atoms with Crippen molar-refractivity contribution in [1.82, 2.24) is 0 Å². The van der Waals surface area contributed by atoms with Gasteiger partial charge in [0, 0.05) is 0 Å². The van der Waals surface area contributed by atoms with Crippen LogP contribution in [0.4, 0.5) is 0 Å². The Bertz CT molecular complexity index is 46.0. The van der Waals surface area contributed by atoms with Crippen LogP contribution in [0, 0.1) is 0 Å². The van der Waals surface area contributed by atoms with E-state index in [0.717, 1.165) is 0 Å². The molecule has 0 atom stereocenters. The zero-order chi connectivity index (χ0) is 6.24. The van der Waals surface area contributed by atoms with Crippen LogP contribution in [0.2, 0.25) is 0 Å². The van der Waals surface area contributed by atoms with Crippen LogP contribution in [0.25, 0.3) is 0 Å². The Balaban J connectivity index is 2.62. The lowest BCUT2D eigenvalue weighted by molar-refractivity contribution is 0.675. The van der Waals surface area contributed by atoms with Crippen LogP contribution in [0.5, 0.6) is 0 Å². The van der Waals surface area contributed by atoms with E-state index in [1.165, 1.54) is 32.1 Å². The summed E-state index contributed by atoms with van der Waals surface area (Å²) < 4.78 is 0. The first kappa shape index (κ1) is 7.74. The monoisotopic (exact) mass is 113 g/mol. The first-order chi connectivity index (χ1) is 3.91. The molecule has 0 aliphatic rings. The van der Waals surface area contributed by atoms with Crippen molar-refractivity contribution in [2.45, 2.75) is 39.0 Å². The molecule has 0 aromatic rings. The molecule has 0 unspecified atom stereocenters. The number of hydrogen-bond acceptors (Lipinski definition) is 0. The summed E-state index contributed by atoms with van der Waals surface area (Å²) in [7, 11) is 0. The van der Waals surface area contributed by atoms with Crippen LogP contribution in [0.3, 0.4) is 0 Å². The average Bonchev–Trinajstić information content (AvgIpc) is 1.81. The summed E-state index contributed by atoms with van der Waals surface area (Å²) in [6.07, 6.45) is 8.61. The Kier molecular flexibility index (Phi) is 6.52. The predicted octanol–water partition coefficient (Wildman–Crippen LogP) is 3.14. The van der Waals surface area contributed by atoms with Crippen molar-refractivity contribution in [2.75, 3.05) is 0 Å². The molecular weight excluding hydrogens is 97.1 g/mol. The molecule has 0 saturated heterocycles. The van der Waals surface area contributed by atoms with Gasteiger partial charge >= 0.3 is 0 Å². The average molecular weight is 113 g/mol. The molecule has 0 aromatic carbocycles. The Morgan fingerprint density at radius 3 is 2.50 bits per heavy atom. The van der Waals surface area contributed by atoms with Crippen LogP contribution in [0.1, 0.15) is 39.0 Å². The topological polar surface area (TPSA) is 0 Å². The molecular formula is C8H16. The highest BCUT2D eigenvalue weighted by Crippen LogP contribution is 2.01. The molecule has 0 bridgehead atoms. The fourth-order valence-electron chi connectivity index (χ4n) is 0.715. The van der Waals surface area contributed by atoms with Crippen molar-refractivity contribution in [3.8, 4) is 0 Å². The van der Waals surface area contributed by atoms with E-state index < -0.39 is 0 Å². The molecule has 0 rings (SSSR count). The van der Waals surface area contributed by atoms with Crippen molar-refractivity contribution >= 4 is 0 Å². The van der Waals surface area contributed by atoms with Crippen molar-refractivity contribution in [3.05, 3.63) is 12.7 Å². The van der Waals surface area contributed by atoms with Gasteiger partial charge in [-0.15, -0.1) is 6.58 Å². The molecule has 0 spiro atoms. The van der Waals surface area contributed by atoms with Crippen molar-refractivity contribution in [3.63, 3.8) is 0 Å².